The quantitative estimate of drug-likeness (QED) is 0.721. The van der Waals surface area contributed by atoms with Gasteiger partial charge in [0.1, 0.15) is 11.5 Å². The lowest BCUT2D eigenvalue weighted by Gasteiger charge is -2.12. The van der Waals surface area contributed by atoms with Gasteiger partial charge < -0.3 is 19.9 Å². The van der Waals surface area contributed by atoms with Crippen LogP contribution in [0.1, 0.15) is 28.4 Å². The molecule has 0 aliphatic rings. The summed E-state index contributed by atoms with van der Waals surface area (Å²) < 4.78 is 10.8. The van der Waals surface area contributed by atoms with Crippen LogP contribution in [-0.4, -0.2) is 37.2 Å². The molecule has 0 atom stereocenters. The van der Waals surface area contributed by atoms with Crippen LogP contribution >= 0.6 is 0 Å². The number of benzene rings is 2. The number of hydrogen-bond donors (Lipinski definition) is 2. The zero-order chi connectivity index (χ0) is 18.9. The van der Waals surface area contributed by atoms with Crippen molar-refractivity contribution < 1.29 is 24.2 Å². The van der Waals surface area contributed by atoms with E-state index < -0.39 is 5.97 Å². The van der Waals surface area contributed by atoms with Crippen molar-refractivity contribution in [1.29, 1.82) is 0 Å². The van der Waals surface area contributed by atoms with Crippen LogP contribution in [0.25, 0.3) is 0 Å². The molecule has 26 heavy (non-hydrogen) atoms. The third kappa shape index (κ3) is 5.24. The molecule has 0 aliphatic carbocycles. The number of para-hydroxylation sites is 1. The number of aromatic carboxylic acids is 1. The minimum atomic E-state index is -1.01. The number of methoxy groups -OCH3 is 1. The van der Waals surface area contributed by atoms with E-state index in [4.69, 9.17) is 14.6 Å². The van der Waals surface area contributed by atoms with Crippen LogP contribution in [0, 0.1) is 0 Å². The number of carbonyl (C=O) groups is 2. The first-order valence-corrected chi connectivity index (χ1v) is 8.42. The summed E-state index contributed by atoms with van der Waals surface area (Å²) in [6.07, 6.45) is 1.37. The van der Waals surface area contributed by atoms with Gasteiger partial charge >= 0.3 is 5.97 Å². The number of hydrogen-bond acceptors (Lipinski definition) is 4. The van der Waals surface area contributed by atoms with Crippen molar-refractivity contribution in [3.63, 3.8) is 0 Å². The van der Waals surface area contributed by atoms with E-state index in [-0.39, 0.29) is 18.1 Å². The predicted molar refractivity (Wildman–Crippen MR) is 98.0 cm³/mol. The van der Waals surface area contributed by atoms with Gasteiger partial charge in [-0.25, -0.2) is 4.79 Å². The number of nitrogens with one attached hydrogen (secondary N) is 1. The maximum absolute atomic E-state index is 12.0. The number of ether oxygens (including phenoxy) is 2. The molecule has 0 radical (unpaired) electrons. The summed E-state index contributed by atoms with van der Waals surface area (Å²) in [7, 11) is 1.49. The van der Waals surface area contributed by atoms with E-state index in [0.29, 0.717) is 18.7 Å². The molecule has 0 unspecified atom stereocenters. The fourth-order valence-corrected chi connectivity index (χ4v) is 2.55. The zero-order valence-electron chi connectivity index (χ0n) is 15.0. The predicted octanol–water partition coefficient (Wildman–Crippen LogP) is 2.69. The van der Waals surface area contributed by atoms with Crippen molar-refractivity contribution in [3.8, 4) is 11.5 Å². The van der Waals surface area contributed by atoms with Gasteiger partial charge in [0.05, 0.1) is 12.7 Å². The topological polar surface area (TPSA) is 84.9 Å². The number of carbonyl (C=O) groups excluding carboxylic acids is 1. The lowest BCUT2D eigenvalue weighted by Crippen LogP contribution is -2.30. The first kappa shape index (κ1) is 19.3. The Labute approximate surface area is 152 Å². The standard InChI is InChI=1S/C20H23NO5/c1-3-14-6-4-5-7-17(14)26-13-19(22)21-11-10-15-8-9-16(20(23)24)12-18(15)25-2/h4-9,12H,3,10-11,13H2,1-2H3,(H,21,22)(H,23,24). The van der Waals surface area contributed by atoms with Crippen molar-refractivity contribution in [2.24, 2.45) is 0 Å². The molecule has 0 saturated carbocycles. The molecule has 0 saturated heterocycles. The molecule has 2 N–H and O–H groups in total. The summed E-state index contributed by atoms with van der Waals surface area (Å²) in [5.41, 5.74) is 2.05. The van der Waals surface area contributed by atoms with Crippen LogP contribution < -0.4 is 14.8 Å². The maximum Gasteiger partial charge on any atom is 0.335 e. The molecule has 6 nitrogen and oxygen atoms in total. The summed E-state index contributed by atoms with van der Waals surface area (Å²) in [4.78, 5) is 23.0. The van der Waals surface area contributed by atoms with E-state index in [1.54, 1.807) is 6.07 Å². The Kier molecular flexibility index (Phi) is 7.02. The van der Waals surface area contributed by atoms with Gasteiger partial charge in [-0.3, -0.25) is 4.79 Å². The van der Waals surface area contributed by atoms with Crippen LogP contribution in [0.5, 0.6) is 11.5 Å². The van der Waals surface area contributed by atoms with Gasteiger partial charge in [-0.05, 0) is 42.2 Å². The highest BCUT2D eigenvalue weighted by molar-refractivity contribution is 5.88. The maximum atomic E-state index is 12.0. The number of aryl methyl sites for hydroxylation is 1. The van der Waals surface area contributed by atoms with Gasteiger partial charge in [-0.1, -0.05) is 31.2 Å². The van der Waals surface area contributed by atoms with Crippen molar-refractivity contribution >= 4 is 11.9 Å². The Bertz CT molecular complexity index is 773. The molecule has 1 amide bonds. The van der Waals surface area contributed by atoms with Gasteiger partial charge in [0.25, 0.3) is 5.91 Å². The molecule has 0 fully saturated rings. The van der Waals surface area contributed by atoms with E-state index in [0.717, 1.165) is 23.3 Å². The molecule has 6 heteroatoms. The normalized spacial score (nSPS) is 10.2. The number of rotatable bonds is 9. The SMILES string of the molecule is CCc1ccccc1OCC(=O)NCCc1ccc(C(=O)O)cc1OC. The van der Waals surface area contributed by atoms with E-state index in [9.17, 15) is 9.59 Å². The van der Waals surface area contributed by atoms with Gasteiger partial charge in [0.15, 0.2) is 6.61 Å². The van der Waals surface area contributed by atoms with Crippen molar-refractivity contribution in [3.05, 3.63) is 59.2 Å². The molecule has 0 aliphatic heterocycles. The summed E-state index contributed by atoms with van der Waals surface area (Å²) in [6, 6.07) is 12.3. The summed E-state index contributed by atoms with van der Waals surface area (Å²) in [5, 5.41) is 11.8. The number of amides is 1. The van der Waals surface area contributed by atoms with Gasteiger partial charge in [-0.15, -0.1) is 0 Å². The average Bonchev–Trinajstić information content (AvgIpc) is 2.66. The van der Waals surface area contributed by atoms with Crippen LogP contribution in [-0.2, 0) is 17.6 Å². The molecule has 0 bridgehead atoms. The third-order valence-electron chi connectivity index (χ3n) is 3.96. The molecule has 0 spiro atoms. The number of carboxylic acid groups (broad SMARTS) is 1. The van der Waals surface area contributed by atoms with E-state index in [2.05, 4.69) is 5.32 Å². The molecular weight excluding hydrogens is 334 g/mol. The molecule has 138 valence electrons. The lowest BCUT2D eigenvalue weighted by molar-refractivity contribution is -0.123. The highest BCUT2D eigenvalue weighted by atomic mass is 16.5. The van der Waals surface area contributed by atoms with Crippen LogP contribution in [0.4, 0.5) is 0 Å². The third-order valence-corrected chi connectivity index (χ3v) is 3.96. The Morgan fingerprint density at radius 3 is 2.54 bits per heavy atom. The Balaban J connectivity index is 1.84. The summed E-state index contributed by atoms with van der Waals surface area (Å²) >= 11 is 0. The minimum Gasteiger partial charge on any atom is -0.496 e. The Hall–Kier alpha value is -3.02. The average molecular weight is 357 g/mol. The molecule has 2 aromatic carbocycles. The van der Waals surface area contributed by atoms with Crippen molar-refractivity contribution in [2.75, 3.05) is 20.3 Å². The molecule has 2 rings (SSSR count). The van der Waals surface area contributed by atoms with Gasteiger partial charge in [0, 0.05) is 6.54 Å². The van der Waals surface area contributed by atoms with Crippen molar-refractivity contribution in [2.45, 2.75) is 19.8 Å². The van der Waals surface area contributed by atoms with Gasteiger partial charge in [-0.2, -0.15) is 0 Å². The van der Waals surface area contributed by atoms with Crippen LogP contribution in [0.2, 0.25) is 0 Å². The van der Waals surface area contributed by atoms with Crippen molar-refractivity contribution in [1.82, 2.24) is 5.32 Å². The number of carboxylic acids is 1. The first-order chi connectivity index (χ1) is 12.5. The molecular formula is C20H23NO5. The molecule has 0 aromatic heterocycles. The monoisotopic (exact) mass is 357 g/mol. The van der Waals surface area contributed by atoms with E-state index in [1.807, 2.05) is 31.2 Å². The van der Waals surface area contributed by atoms with E-state index >= 15 is 0 Å². The minimum absolute atomic E-state index is 0.0495. The van der Waals surface area contributed by atoms with Crippen LogP contribution in [0.3, 0.4) is 0 Å². The fourth-order valence-electron chi connectivity index (χ4n) is 2.55. The summed E-state index contributed by atoms with van der Waals surface area (Å²) in [5.74, 6) is -0.00644. The lowest BCUT2D eigenvalue weighted by atomic mass is 10.1. The van der Waals surface area contributed by atoms with Gasteiger partial charge in [0.2, 0.25) is 0 Å². The van der Waals surface area contributed by atoms with E-state index in [1.165, 1.54) is 19.2 Å². The Morgan fingerprint density at radius 1 is 1.08 bits per heavy atom. The Morgan fingerprint density at radius 2 is 1.85 bits per heavy atom. The second-order valence-corrected chi connectivity index (χ2v) is 5.68. The highest BCUT2D eigenvalue weighted by Gasteiger charge is 2.10. The molecule has 2 aromatic rings. The second-order valence-electron chi connectivity index (χ2n) is 5.68. The molecule has 0 heterocycles. The van der Waals surface area contributed by atoms with Crippen LogP contribution in [0.15, 0.2) is 42.5 Å². The second kappa shape index (κ2) is 9.46. The summed E-state index contributed by atoms with van der Waals surface area (Å²) in [6.45, 7) is 2.39. The largest absolute Gasteiger partial charge is 0.496 e. The first-order valence-electron chi connectivity index (χ1n) is 8.42. The fraction of sp³-hybridized carbons (Fsp3) is 0.300. The highest BCUT2D eigenvalue weighted by Crippen LogP contribution is 2.21. The smallest absolute Gasteiger partial charge is 0.335 e. The zero-order valence-corrected chi connectivity index (χ0v) is 15.0.